The normalized spacial score (nSPS) is 13.6. The van der Waals surface area contributed by atoms with Crippen LogP contribution in [0.4, 0.5) is 0 Å². The van der Waals surface area contributed by atoms with Gasteiger partial charge in [0.15, 0.2) is 0 Å². The lowest BCUT2D eigenvalue weighted by Gasteiger charge is -2.16. The lowest BCUT2D eigenvalue weighted by molar-refractivity contribution is 0.0641. The molecule has 162 valence electrons. The van der Waals surface area contributed by atoms with Crippen LogP contribution in [0.2, 0.25) is 0 Å². The number of imide groups is 1. The highest BCUT2D eigenvalue weighted by molar-refractivity contribution is 6.21. The maximum atomic E-state index is 12.7. The number of carbonyl (C=O) groups excluding carboxylic acids is 3. The average Bonchev–Trinajstić information content (AvgIpc) is 3.05. The minimum atomic E-state index is -0.295. The van der Waals surface area contributed by atoms with Crippen molar-refractivity contribution < 1.29 is 19.1 Å². The summed E-state index contributed by atoms with van der Waals surface area (Å²) in [7, 11) is 0. The maximum absolute atomic E-state index is 12.7. The number of rotatable bonds is 7. The summed E-state index contributed by atoms with van der Waals surface area (Å²) in [5, 5.41) is 2.98. The van der Waals surface area contributed by atoms with Gasteiger partial charge in [0.25, 0.3) is 17.7 Å². The maximum Gasteiger partial charge on any atom is 0.261 e. The molecule has 1 aliphatic heterocycles. The molecule has 0 bridgehead atoms. The molecule has 1 unspecified atom stereocenters. The number of fused-ring (bicyclic) bond motifs is 1. The van der Waals surface area contributed by atoms with E-state index in [1.807, 2.05) is 38.1 Å². The average molecular weight is 428 g/mol. The first-order valence-electron chi connectivity index (χ1n) is 10.6. The van der Waals surface area contributed by atoms with E-state index in [0.29, 0.717) is 23.3 Å². The Labute approximate surface area is 186 Å². The third-order valence-electron chi connectivity index (χ3n) is 5.47. The number of ether oxygens (including phenoxy) is 1. The summed E-state index contributed by atoms with van der Waals surface area (Å²) < 4.78 is 5.45. The number of amides is 3. The third-order valence-corrected chi connectivity index (χ3v) is 5.47. The van der Waals surface area contributed by atoms with Crippen molar-refractivity contribution in [2.24, 2.45) is 0 Å². The topological polar surface area (TPSA) is 75.7 Å². The van der Waals surface area contributed by atoms with Crippen molar-refractivity contribution in [3.05, 3.63) is 101 Å². The Morgan fingerprint density at radius 1 is 0.906 bits per heavy atom. The van der Waals surface area contributed by atoms with Gasteiger partial charge in [-0.2, -0.15) is 0 Å². The van der Waals surface area contributed by atoms with Crippen LogP contribution in [0.15, 0.2) is 72.8 Å². The fourth-order valence-electron chi connectivity index (χ4n) is 3.71. The Bertz CT molecular complexity index is 1120. The summed E-state index contributed by atoms with van der Waals surface area (Å²) in [5.41, 5.74) is 3.11. The van der Waals surface area contributed by atoms with E-state index in [-0.39, 0.29) is 30.3 Å². The Hall–Kier alpha value is -3.93. The third kappa shape index (κ3) is 4.25. The molecule has 4 rings (SSSR count). The van der Waals surface area contributed by atoms with Crippen LogP contribution in [0, 0.1) is 0 Å². The Morgan fingerprint density at radius 2 is 1.50 bits per heavy atom. The van der Waals surface area contributed by atoms with Crippen molar-refractivity contribution in [3.8, 4) is 5.75 Å². The number of benzene rings is 3. The lowest BCUT2D eigenvalue weighted by atomic mass is 10.1. The van der Waals surface area contributed by atoms with E-state index in [9.17, 15) is 14.4 Å². The Morgan fingerprint density at radius 3 is 2.06 bits per heavy atom. The molecule has 32 heavy (non-hydrogen) atoms. The predicted molar refractivity (Wildman–Crippen MR) is 121 cm³/mol. The zero-order valence-corrected chi connectivity index (χ0v) is 18.0. The first-order valence-corrected chi connectivity index (χ1v) is 10.6. The molecule has 0 aliphatic carbocycles. The minimum Gasteiger partial charge on any atom is -0.494 e. The van der Waals surface area contributed by atoms with Gasteiger partial charge in [0.1, 0.15) is 5.75 Å². The summed E-state index contributed by atoms with van der Waals surface area (Å²) in [6.45, 7) is 4.62. The van der Waals surface area contributed by atoms with E-state index >= 15 is 0 Å². The van der Waals surface area contributed by atoms with Crippen molar-refractivity contribution >= 4 is 17.7 Å². The van der Waals surface area contributed by atoms with E-state index < -0.39 is 0 Å². The SMILES string of the molecule is CCOc1ccc(C(C)NC(=O)c2ccc(CN3C(=O)c4ccccc4C3=O)cc2)cc1. The molecule has 0 saturated heterocycles. The van der Waals surface area contributed by atoms with Crippen LogP contribution in [0.25, 0.3) is 0 Å². The second-order valence-corrected chi connectivity index (χ2v) is 7.64. The second kappa shape index (κ2) is 9.06. The highest BCUT2D eigenvalue weighted by Gasteiger charge is 2.34. The fraction of sp³-hybridized carbons (Fsp3) is 0.192. The summed E-state index contributed by atoms with van der Waals surface area (Å²) in [4.78, 5) is 38.9. The van der Waals surface area contributed by atoms with Gasteiger partial charge in [-0.1, -0.05) is 36.4 Å². The van der Waals surface area contributed by atoms with Crippen molar-refractivity contribution in [1.29, 1.82) is 0 Å². The molecule has 1 aliphatic rings. The molecule has 0 radical (unpaired) electrons. The first kappa shape index (κ1) is 21.3. The number of hydrogen-bond acceptors (Lipinski definition) is 4. The Kier molecular flexibility index (Phi) is 6.03. The Balaban J connectivity index is 1.39. The zero-order valence-electron chi connectivity index (χ0n) is 18.0. The van der Waals surface area contributed by atoms with E-state index in [0.717, 1.165) is 16.9 Å². The van der Waals surface area contributed by atoms with Crippen LogP contribution >= 0.6 is 0 Å². The van der Waals surface area contributed by atoms with Crippen molar-refractivity contribution in [2.45, 2.75) is 26.4 Å². The van der Waals surface area contributed by atoms with Gasteiger partial charge in [0.2, 0.25) is 0 Å². The van der Waals surface area contributed by atoms with E-state index in [2.05, 4.69) is 5.32 Å². The van der Waals surface area contributed by atoms with Crippen LogP contribution in [0.3, 0.4) is 0 Å². The smallest absolute Gasteiger partial charge is 0.261 e. The standard InChI is InChI=1S/C26H24N2O4/c1-3-32-21-14-12-19(13-15-21)17(2)27-24(29)20-10-8-18(9-11-20)16-28-25(30)22-6-4-5-7-23(22)26(28)31/h4-15,17H,3,16H2,1-2H3,(H,27,29). The summed E-state index contributed by atoms with van der Waals surface area (Å²) in [6, 6.07) is 21.2. The van der Waals surface area contributed by atoms with Crippen LogP contribution in [-0.2, 0) is 6.54 Å². The van der Waals surface area contributed by atoms with Gasteiger partial charge in [-0.05, 0) is 61.4 Å². The molecule has 1 N–H and O–H groups in total. The number of hydrogen-bond donors (Lipinski definition) is 1. The molecule has 3 amide bonds. The lowest BCUT2D eigenvalue weighted by Crippen LogP contribution is -2.29. The molecule has 6 heteroatoms. The predicted octanol–water partition coefficient (Wildman–Crippen LogP) is 4.37. The highest BCUT2D eigenvalue weighted by atomic mass is 16.5. The van der Waals surface area contributed by atoms with Gasteiger partial charge in [0, 0.05) is 5.56 Å². The largest absolute Gasteiger partial charge is 0.494 e. The monoisotopic (exact) mass is 428 g/mol. The molecule has 1 heterocycles. The molecule has 0 saturated carbocycles. The van der Waals surface area contributed by atoms with Crippen LogP contribution in [0.5, 0.6) is 5.75 Å². The number of carbonyl (C=O) groups is 3. The molecule has 3 aromatic carbocycles. The summed E-state index contributed by atoms with van der Waals surface area (Å²) in [5.74, 6) is 0.00953. The van der Waals surface area contributed by atoms with Crippen LogP contribution in [0.1, 0.15) is 62.1 Å². The van der Waals surface area contributed by atoms with E-state index in [1.54, 1.807) is 48.5 Å². The number of nitrogens with one attached hydrogen (secondary N) is 1. The molecule has 0 spiro atoms. The molecule has 1 atom stereocenters. The number of nitrogens with zero attached hydrogens (tertiary/aromatic N) is 1. The van der Waals surface area contributed by atoms with E-state index in [1.165, 1.54) is 4.90 Å². The highest BCUT2D eigenvalue weighted by Crippen LogP contribution is 2.24. The van der Waals surface area contributed by atoms with Crippen molar-refractivity contribution in [1.82, 2.24) is 10.2 Å². The molecular formula is C26H24N2O4. The van der Waals surface area contributed by atoms with Gasteiger partial charge in [-0.25, -0.2) is 0 Å². The van der Waals surface area contributed by atoms with Gasteiger partial charge < -0.3 is 10.1 Å². The zero-order chi connectivity index (χ0) is 22.7. The summed E-state index contributed by atoms with van der Waals surface area (Å²) in [6.07, 6.45) is 0. The van der Waals surface area contributed by atoms with Crippen LogP contribution < -0.4 is 10.1 Å². The van der Waals surface area contributed by atoms with Gasteiger partial charge >= 0.3 is 0 Å². The van der Waals surface area contributed by atoms with E-state index in [4.69, 9.17) is 4.74 Å². The quantitative estimate of drug-likeness (QED) is 0.567. The molecule has 0 aromatic heterocycles. The molecule has 3 aromatic rings. The van der Waals surface area contributed by atoms with Gasteiger partial charge in [0.05, 0.1) is 30.3 Å². The van der Waals surface area contributed by atoms with Crippen molar-refractivity contribution in [2.75, 3.05) is 6.61 Å². The molecule has 0 fully saturated rings. The minimum absolute atomic E-state index is 0.164. The van der Waals surface area contributed by atoms with Crippen LogP contribution in [-0.4, -0.2) is 29.2 Å². The molecular weight excluding hydrogens is 404 g/mol. The first-order chi connectivity index (χ1) is 15.5. The fourth-order valence-corrected chi connectivity index (χ4v) is 3.71. The van der Waals surface area contributed by atoms with Gasteiger partial charge in [-0.15, -0.1) is 0 Å². The second-order valence-electron chi connectivity index (χ2n) is 7.64. The van der Waals surface area contributed by atoms with Crippen molar-refractivity contribution in [3.63, 3.8) is 0 Å². The summed E-state index contributed by atoms with van der Waals surface area (Å²) >= 11 is 0. The molecule has 6 nitrogen and oxygen atoms in total. The van der Waals surface area contributed by atoms with Gasteiger partial charge in [-0.3, -0.25) is 19.3 Å².